The van der Waals surface area contributed by atoms with Crippen molar-refractivity contribution in [1.82, 2.24) is 0 Å². The summed E-state index contributed by atoms with van der Waals surface area (Å²) in [6.07, 6.45) is 0.401. The molecule has 1 radical (unpaired) electrons. The molecule has 0 aromatic heterocycles. The summed E-state index contributed by atoms with van der Waals surface area (Å²) in [5.41, 5.74) is 1.29. The molecule has 1 rings (SSSR count). The number of aryl methyl sites for hydroxylation is 1. The van der Waals surface area contributed by atoms with Crippen LogP contribution in [0.5, 0.6) is 0 Å². The Labute approximate surface area is 120 Å². The predicted octanol–water partition coefficient (Wildman–Crippen LogP) is 2.10. The van der Waals surface area contributed by atoms with Crippen molar-refractivity contribution in [3.63, 3.8) is 0 Å². The molecule has 0 amide bonds. The van der Waals surface area contributed by atoms with Gasteiger partial charge in [0.25, 0.3) is 9.05 Å². The Morgan fingerprint density at radius 2 is 1.94 bits per heavy atom. The second kappa shape index (κ2) is 6.11. The Morgan fingerprint density at radius 1 is 1.33 bits per heavy atom. The second-order valence-corrected chi connectivity index (χ2v) is 6.79. The average Bonchev–Trinajstić information content (AvgIpc) is 2.29. The van der Waals surface area contributed by atoms with E-state index in [1.807, 2.05) is 0 Å². The minimum atomic E-state index is -3.81. The van der Waals surface area contributed by atoms with Crippen molar-refractivity contribution in [1.29, 1.82) is 0 Å². The molecule has 0 aliphatic rings. The number of allylic oxidation sites excluding steroid dienone is 1. The van der Waals surface area contributed by atoms with Crippen molar-refractivity contribution in [2.75, 3.05) is 0 Å². The maximum absolute atomic E-state index is 11.2. The summed E-state index contributed by atoms with van der Waals surface area (Å²) in [4.78, 5) is 10.4. The summed E-state index contributed by atoms with van der Waals surface area (Å²) in [5.74, 6) is 0. The number of rotatable bonds is 4. The molecule has 0 unspecified atom stereocenters. The largest absolute Gasteiger partial charge is 0.297 e. The van der Waals surface area contributed by atoms with Crippen LogP contribution in [0.25, 0.3) is 0 Å². The zero-order valence-corrected chi connectivity index (χ0v) is 12.2. The highest BCUT2D eigenvalue weighted by Gasteiger charge is 2.14. The third-order valence-electron chi connectivity index (χ3n) is 2.15. The van der Waals surface area contributed by atoms with Gasteiger partial charge in [0.1, 0.15) is 0 Å². The Morgan fingerprint density at radius 3 is 2.44 bits per heavy atom. The molecule has 8 heteroatoms. The van der Waals surface area contributed by atoms with E-state index in [-0.39, 0.29) is 14.9 Å². The average molecular weight is 324 g/mol. The second-order valence-electron chi connectivity index (χ2n) is 3.41. The van der Waals surface area contributed by atoms with Crippen LogP contribution in [0.15, 0.2) is 33.1 Å². The lowest BCUT2D eigenvalue weighted by molar-refractivity contribution is -0.104. The molecule has 0 fully saturated rings. The molecule has 0 aliphatic carbocycles. The fraction of sp³-hybridized carbons (Fsp3) is 0.100. The van der Waals surface area contributed by atoms with Gasteiger partial charge in [-0.25, -0.2) is 8.42 Å². The number of benzene rings is 1. The topological polar surface area (TPSA) is 51.2 Å². The van der Waals surface area contributed by atoms with Gasteiger partial charge in [-0.2, -0.15) is 0 Å². The molecule has 0 spiro atoms. The van der Waals surface area contributed by atoms with Gasteiger partial charge < -0.3 is 0 Å². The smallest absolute Gasteiger partial charge is 0.261 e. The Balaban J connectivity index is 3.22. The number of halogens is 3. The zero-order chi connectivity index (χ0) is 13.9. The zero-order valence-electron chi connectivity index (χ0n) is 9.15. The van der Waals surface area contributed by atoms with Crippen LogP contribution >= 0.6 is 33.9 Å². The highest BCUT2D eigenvalue weighted by atomic mass is 35.7. The Bertz CT molecular complexity index is 611. The molecule has 1 aromatic carbocycles. The summed E-state index contributed by atoms with van der Waals surface area (Å²) in [6.45, 7) is 1.76. The fourth-order valence-electron chi connectivity index (χ4n) is 1.19. The molecule has 95 valence electrons. The lowest BCUT2D eigenvalue weighted by atomic mass is 9.68. The standard InChI is InChI=1S/C10H7BCl3O3S/c1-6-2-3-7(18(14,16)17)4-8(6)11-10(13)9(12)5-15/h2-5H,1H3/b10-9-. The Hall–Kier alpha value is -0.485. The molecule has 0 atom stereocenters. The number of hydrogen-bond acceptors (Lipinski definition) is 3. The molecular weight excluding hydrogens is 317 g/mol. The number of carbonyl (C=O) groups excluding carboxylic acids is 1. The van der Waals surface area contributed by atoms with Crippen molar-refractivity contribution < 1.29 is 13.2 Å². The van der Waals surface area contributed by atoms with Crippen LogP contribution in [0, 0.1) is 6.92 Å². The molecule has 1 aromatic rings. The van der Waals surface area contributed by atoms with E-state index < -0.39 is 9.05 Å². The number of aldehydes is 1. The van der Waals surface area contributed by atoms with E-state index in [4.69, 9.17) is 33.9 Å². The maximum atomic E-state index is 11.2. The first-order chi connectivity index (χ1) is 8.25. The van der Waals surface area contributed by atoms with Crippen molar-refractivity contribution in [2.24, 2.45) is 0 Å². The van der Waals surface area contributed by atoms with Crippen LogP contribution < -0.4 is 5.46 Å². The SMILES string of the molecule is Cc1ccc(S(=O)(=O)Cl)cc1[B]/C(Cl)=C(/Cl)C=O. The first-order valence-electron chi connectivity index (χ1n) is 4.66. The van der Waals surface area contributed by atoms with Gasteiger partial charge in [-0.3, -0.25) is 4.79 Å². The van der Waals surface area contributed by atoms with Gasteiger partial charge in [0, 0.05) is 15.6 Å². The van der Waals surface area contributed by atoms with Gasteiger partial charge >= 0.3 is 0 Å². The molecule has 0 bridgehead atoms. The van der Waals surface area contributed by atoms with Crippen LogP contribution in [0.2, 0.25) is 0 Å². The van der Waals surface area contributed by atoms with Crippen LogP contribution in [-0.4, -0.2) is 22.0 Å². The van der Waals surface area contributed by atoms with Gasteiger partial charge in [0.05, 0.1) is 9.93 Å². The molecule has 18 heavy (non-hydrogen) atoms. The minimum absolute atomic E-state index is 0.0267. The van der Waals surface area contributed by atoms with E-state index in [2.05, 4.69) is 0 Å². The van der Waals surface area contributed by atoms with E-state index in [1.165, 1.54) is 19.4 Å². The molecular formula is C10H7BCl3O3S. The van der Waals surface area contributed by atoms with Crippen LogP contribution in [-0.2, 0) is 13.8 Å². The summed E-state index contributed by atoms with van der Waals surface area (Å²) < 4.78 is 22.4. The quantitative estimate of drug-likeness (QED) is 0.369. The lowest BCUT2D eigenvalue weighted by Gasteiger charge is -2.06. The van der Waals surface area contributed by atoms with Gasteiger partial charge in [0.2, 0.25) is 7.28 Å². The van der Waals surface area contributed by atoms with E-state index in [1.54, 1.807) is 13.0 Å². The van der Waals surface area contributed by atoms with Crippen molar-refractivity contribution >= 4 is 62.0 Å². The summed E-state index contributed by atoms with van der Waals surface area (Å²) >= 11 is 11.3. The Kier molecular flexibility index (Phi) is 5.28. The third-order valence-corrected chi connectivity index (χ3v) is 4.20. The summed E-state index contributed by atoms with van der Waals surface area (Å²) in [5, 5.41) is -0.157. The van der Waals surface area contributed by atoms with Crippen molar-refractivity contribution in [2.45, 2.75) is 11.8 Å². The van der Waals surface area contributed by atoms with Gasteiger partial charge in [-0.05, 0) is 19.1 Å². The normalized spacial score (nSPS) is 12.9. The van der Waals surface area contributed by atoms with Crippen LogP contribution in [0.1, 0.15) is 5.56 Å². The van der Waals surface area contributed by atoms with E-state index in [9.17, 15) is 13.2 Å². The summed E-state index contributed by atoms with van der Waals surface area (Å²) in [6, 6.07) is 4.32. The van der Waals surface area contributed by atoms with Gasteiger partial charge in [-0.1, -0.05) is 40.3 Å². The molecule has 0 heterocycles. The predicted molar refractivity (Wildman–Crippen MR) is 74.4 cm³/mol. The number of hydrogen-bond donors (Lipinski definition) is 0. The molecule has 0 aliphatic heterocycles. The van der Waals surface area contributed by atoms with E-state index in [0.717, 1.165) is 5.56 Å². The van der Waals surface area contributed by atoms with Crippen LogP contribution in [0.3, 0.4) is 0 Å². The molecule has 0 saturated carbocycles. The molecule has 3 nitrogen and oxygen atoms in total. The van der Waals surface area contributed by atoms with Crippen molar-refractivity contribution in [3.8, 4) is 0 Å². The molecule has 0 N–H and O–H groups in total. The minimum Gasteiger partial charge on any atom is -0.297 e. The maximum Gasteiger partial charge on any atom is 0.261 e. The van der Waals surface area contributed by atoms with Gasteiger partial charge in [0.15, 0.2) is 6.29 Å². The lowest BCUT2D eigenvalue weighted by Crippen LogP contribution is -2.19. The van der Waals surface area contributed by atoms with Crippen LogP contribution in [0.4, 0.5) is 0 Å². The highest BCUT2D eigenvalue weighted by molar-refractivity contribution is 8.13. The van der Waals surface area contributed by atoms with E-state index >= 15 is 0 Å². The summed E-state index contributed by atoms with van der Waals surface area (Å²) in [7, 11) is 2.83. The monoisotopic (exact) mass is 323 g/mol. The van der Waals surface area contributed by atoms with Gasteiger partial charge in [-0.15, -0.1) is 0 Å². The molecule has 0 saturated heterocycles. The fourth-order valence-corrected chi connectivity index (χ4v) is 2.19. The number of carbonyl (C=O) groups is 1. The third kappa shape index (κ3) is 4.02. The first-order valence-corrected chi connectivity index (χ1v) is 7.72. The highest BCUT2D eigenvalue weighted by Crippen LogP contribution is 2.16. The van der Waals surface area contributed by atoms with Crippen molar-refractivity contribution in [3.05, 3.63) is 33.7 Å². The first kappa shape index (κ1) is 15.6. The van der Waals surface area contributed by atoms with E-state index in [0.29, 0.717) is 11.7 Å².